The molecule has 0 spiro atoms. The van der Waals surface area contributed by atoms with Crippen LogP contribution >= 0.6 is 0 Å². The fourth-order valence-electron chi connectivity index (χ4n) is 1.57. The number of para-hydroxylation sites is 1. The number of carbonyl (C=O) groups is 1. The zero-order chi connectivity index (χ0) is 13.8. The largest absolute Gasteiger partial charge is 0.478 e. The molecule has 1 aromatic heterocycles. The van der Waals surface area contributed by atoms with Gasteiger partial charge < -0.3 is 15.4 Å². The van der Waals surface area contributed by atoms with Crippen LogP contribution in [0.3, 0.4) is 0 Å². The van der Waals surface area contributed by atoms with E-state index >= 15 is 0 Å². The molecule has 2 rings (SSSR count). The zero-order valence-electron chi connectivity index (χ0n) is 9.68. The Balaban J connectivity index is 2.42. The predicted molar refractivity (Wildman–Crippen MR) is 68.5 cm³/mol. The van der Waals surface area contributed by atoms with Gasteiger partial charge in [-0.25, -0.2) is 4.79 Å². The number of pyridine rings is 1. The number of aromatic nitrogens is 1. The minimum Gasteiger partial charge on any atom is -0.478 e. The SMILES string of the molecule is N#Cc1ccccc1Nc1cc(C(=O)O)cc(=O)[nH]1. The van der Waals surface area contributed by atoms with Gasteiger partial charge in [0.15, 0.2) is 0 Å². The van der Waals surface area contributed by atoms with Crippen LogP contribution in [-0.2, 0) is 0 Å². The van der Waals surface area contributed by atoms with Crippen molar-refractivity contribution in [1.29, 1.82) is 5.26 Å². The second-order valence-corrected chi connectivity index (χ2v) is 3.73. The average Bonchev–Trinajstić information content (AvgIpc) is 2.38. The predicted octanol–water partition coefficient (Wildman–Crippen LogP) is 1.69. The average molecular weight is 255 g/mol. The van der Waals surface area contributed by atoms with Crippen molar-refractivity contribution in [2.24, 2.45) is 0 Å². The first-order valence-corrected chi connectivity index (χ1v) is 5.34. The highest BCUT2D eigenvalue weighted by atomic mass is 16.4. The Hall–Kier alpha value is -3.07. The fraction of sp³-hybridized carbons (Fsp3) is 0. The number of nitrogens with zero attached hydrogens (tertiary/aromatic N) is 1. The summed E-state index contributed by atoms with van der Waals surface area (Å²) in [5.41, 5.74) is 0.227. The Labute approximate surface area is 107 Å². The number of benzene rings is 1. The number of rotatable bonds is 3. The van der Waals surface area contributed by atoms with E-state index in [1.165, 1.54) is 6.07 Å². The van der Waals surface area contributed by atoms with Crippen molar-refractivity contribution in [1.82, 2.24) is 4.98 Å². The summed E-state index contributed by atoms with van der Waals surface area (Å²) < 4.78 is 0. The molecule has 0 atom stereocenters. The first-order chi connectivity index (χ1) is 9.10. The molecule has 0 fully saturated rings. The summed E-state index contributed by atoms with van der Waals surface area (Å²) in [6.07, 6.45) is 0. The van der Waals surface area contributed by atoms with Crippen LogP contribution in [0, 0.1) is 11.3 Å². The van der Waals surface area contributed by atoms with Crippen molar-refractivity contribution in [2.45, 2.75) is 0 Å². The first kappa shape index (κ1) is 12.4. The summed E-state index contributed by atoms with van der Waals surface area (Å²) in [5.74, 6) is -0.977. The molecule has 0 unspecified atom stereocenters. The van der Waals surface area contributed by atoms with E-state index in [4.69, 9.17) is 10.4 Å². The Kier molecular flexibility index (Phi) is 3.30. The van der Waals surface area contributed by atoms with E-state index in [9.17, 15) is 9.59 Å². The maximum Gasteiger partial charge on any atom is 0.336 e. The minimum atomic E-state index is -1.19. The maximum absolute atomic E-state index is 11.3. The molecule has 19 heavy (non-hydrogen) atoms. The molecule has 0 aliphatic carbocycles. The molecule has 0 amide bonds. The van der Waals surface area contributed by atoms with Gasteiger partial charge in [0.05, 0.1) is 16.8 Å². The number of nitrogens with one attached hydrogen (secondary N) is 2. The van der Waals surface area contributed by atoms with Crippen molar-refractivity contribution < 1.29 is 9.90 Å². The molecule has 6 heteroatoms. The number of aromatic amines is 1. The highest BCUT2D eigenvalue weighted by Gasteiger charge is 2.07. The van der Waals surface area contributed by atoms with Crippen molar-refractivity contribution in [3.05, 3.63) is 57.9 Å². The molecule has 1 heterocycles. The lowest BCUT2D eigenvalue weighted by Gasteiger charge is -2.08. The van der Waals surface area contributed by atoms with Crippen LogP contribution in [0.1, 0.15) is 15.9 Å². The van der Waals surface area contributed by atoms with Crippen molar-refractivity contribution >= 4 is 17.5 Å². The van der Waals surface area contributed by atoms with Crippen molar-refractivity contribution in [3.63, 3.8) is 0 Å². The number of hydrogen-bond acceptors (Lipinski definition) is 4. The van der Waals surface area contributed by atoms with Gasteiger partial charge in [-0.15, -0.1) is 0 Å². The molecule has 0 saturated heterocycles. The van der Waals surface area contributed by atoms with Gasteiger partial charge in [-0.05, 0) is 18.2 Å². The van der Waals surface area contributed by atoms with Crippen LogP contribution in [0.15, 0.2) is 41.2 Å². The lowest BCUT2D eigenvalue weighted by Crippen LogP contribution is -2.11. The van der Waals surface area contributed by atoms with Crippen LogP contribution < -0.4 is 10.9 Å². The number of hydrogen-bond donors (Lipinski definition) is 3. The molecule has 0 aliphatic rings. The van der Waals surface area contributed by atoms with E-state index in [1.807, 2.05) is 6.07 Å². The van der Waals surface area contributed by atoms with Gasteiger partial charge in [0, 0.05) is 6.07 Å². The van der Waals surface area contributed by atoms with Gasteiger partial charge in [0.25, 0.3) is 0 Å². The lowest BCUT2D eigenvalue weighted by atomic mass is 10.2. The van der Waals surface area contributed by atoms with Crippen LogP contribution in [0.5, 0.6) is 0 Å². The topological polar surface area (TPSA) is 106 Å². The maximum atomic E-state index is 11.3. The summed E-state index contributed by atoms with van der Waals surface area (Å²) in [7, 11) is 0. The summed E-state index contributed by atoms with van der Waals surface area (Å²) in [5, 5.41) is 20.6. The van der Waals surface area contributed by atoms with E-state index in [0.717, 1.165) is 6.07 Å². The molecule has 3 N–H and O–H groups in total. The molecular formula is C13H9N3O3. The van der Waals surface area contributed by atoms with Gasteiger partial charge in [-0.2, -0.15) is 5.26 Å². The van der Waals surface area contributed by atoms with E-state index in [1.54, 1.807) is 24.3 Å². The molecular weight excluding hydrogens is 246 g/mol. The third kappa shape index (κ3) is 2.79. The van der Waals surface area contributed by atoms with Gasteiger partial charge in [-0.1, -0.05) is 12.1 Å². The molecule has 94 valence electrons. The van der Waals surface area contributed by atoms with Crippen LogP contribution in [-0.4, -0.2) is 16.1 Å². The molecule has 0 aliphatic heterocycles. The molecule has 0 radical (unpaired) electrons. The normalized spacial score (nSPS) is 9.63. The van der Waals surface area contributed by atoms with E-state index < -0.39 is 11.5 Å². The minimum absolute atomic E-state index is 0.124. The summed E-state index contributed by atoms with van der Waals surface area (Å²) in [6.45, 7) is 0. The fourth-order valence-corrected chi connectivity index (χ4v) is 1.57. The second-order valence-electron chi connectivity index (χ2n) is 3.73. The Morgan fingerprint density at radius 1 is 1.32 bits per heavy atom. The van der Waals surface area contributed by atoms with Gasteiger partial charge in [0.2, 0.25) is 5.56 Å². The van der Waals surface area contributed by atoms with Gasteiger partial charge in [-0.3, -0.25) is 4.79 Å². The highest BCUT2D eigenvalue weighted by molar-refractivity contribution is 5.88. The number of carboxylic acids is 1. The second kappa shape index (κ2) is 5.06. The van der Waals surface area contributed by atoms with Crippen LogP contribution in [0.25, 0.3) is 0 Å². The standard InChI is InChI=1S/C13H9N3O3/c14-7-8-3-1-2-4-10(8)15-11-5-9(13(18)19)6-12(17)16-11/h1-6H,(H,18,19)(H2,15,16,17). The van der Waals surface area contributed by atoms with E-state index in [0.29, 0.717) is 11.3 Å². The quantitative estimate of drug-likeness (QED) is 0.773. The third-order valence-electron chi connectivity index (χ3n) is 2.41. The smallest absolute Gasteiger partial charge is 0.336 e. The van der Waals surface area contributed by atoms with Crippen LogP contribution in [0.2, 0.25) is 0 Å². The Bertz CT molecular complexity index is 728. The summed E-state index contributed by atoms with van der Waals surface area (Å²) in [6, 6.07) is 11.0. The van der Waals surface area contributed by atoms with Crippen molar-refractivity contribution in [3.8, 4) is 6.07 Å². The lowest BCUT2D eigenvalue weighted by molar-refractivity contribution is 0.0696. The Morgan fingerprint density at radius 3 is 2.74 bits per heavy atom. The van der Waals surface area contributed by atoms with E-state index in [2.05, 4.69) is 10.3 Å². The molecule has 2 aromatic rings. The molecule has 6 nitrogen and oxygen atoms in total. The monoisotopic (exact) mass is 255 g/mol. The zero-order valence-corrected chi connectivity index (χ0v) is 9.68. The number of aromatic carboxylic acids is 1. The Morgan fingerprint density at radius 2 is 2.05 bits per heavy atom. The summed E-state index contributed by atoms with van der Waals surface area (Å²) >= 11 is 0. The molecule has 1 aromatic carbocycles. The van der Waals surface area contributed by atoms with E-state index in [-0.39, 0.29) is 11.4 Å². The highest BCUT2D eigenvalue weighted by Crippen LogP contribution is 2.18. The number of carboxylic acid groups (broad SMARTS) is 1. The molecule has 0 bridgehead atoms. The number of H-pyrrole nitrogens is 1. The van der Waals surface area contributed by atoms with Crippen LogP contribution in [0.4, 0.5) is 11.5 Å². The molecule has 0 saturated carbocycles. The third-order valence-corrected chi connectivity index (χ3v) is 2.41. The van der Waals surface area contributed by atoms with Gasteiger partial charge in [0.1, 0.15) is 11.9 Å². The first-order valence-electron chi connectivity index (χ1n) is 5.34. The van der Waals surface area contributed by atoms with Gasteiger partial charge >= 0.3 is 5.97 Å². The van der Waals surface area contributed by atoms with Crippen molar-refractivity contribution in [2.75, 3.05) is 5.32 Å². The number of nitriles is 1. The number of anilines is 2. The summed E-state index contributed by atoms with van der Waals surface area (Å²) in [4.78, 5) is 24.6.